The van der Waals surface area contributed by atoms with E-state index in [9.17, 15) is 15.0 Å². The van der Waals surface area contributed by atoms with Crippen LogP contribution in [0.2, 0.25) is 0 Å². The summed E-state index contributed by atoms with van der Waals surface area (Å²) in [5, 5.41) is 25.7. The van der Waals surface area contributed by atoms with Crippen molar-refractivity contribution in [2.75, 3.05) is 13.2 Å². The van der Waals surface area contributed by atoms with Crippen LogP contribution in [0.25, 0.3) is 0 Å². The number of hydrogen-bond acceptors (Lipinski definition) is 4. The third-order valence-electron chi connectivity index (χ3n) is 3.95. The van der Waals surface area contributed by atoms with E-state index in [-0.39, 0.29) is 19.1 Å². The van der Waals surface area contributed by atoms with Crippen LogP contribution < -0.4 is 5.32 Å². The summed E-state index contributed by atoms with van der Waals surface area (Å²) in [6.45, 7) is 5.19. The Hall–Kier alpha value is -1.40. The van der Waals surface area contributed by atoms with E-state index >= 15 is 0 Å². The van der Waals surface area contributed by atoms with Crippen molar-refractivity contribution in [3.05, 3.63) is 17.0 Å². The van der Waals surface area contributed by atoms with Crippen LogP contribution in [0.5, 0.6) is 0 Å². The van der Waals surface area contributed by atoms with E-state index in [0.717, 1.165) is 17.0 Å². The number of amides is 1. The molecule has 114 valence electrons. The molecule has 20 heavy (non-hydrogen) atoms. The molecule has 0 atom stereocenters. The highest BCUT2D eigenvalue weighted by molar-refractivity contribution is 5.77. The zero-order valence-corrected chi connectivity index (χ0v) is 12.7. The third-order valence-corrected chi connectivity index (χ3v) is 3.95. The average Bonchev–Trinajstić information content (AvgIpc) is 2.68. The molecule has 1 aromatic rings. The molecule has 6 heteroatoms. The van der Waals surface area contributed by atoms with Gasteiger partial charge < -0.3 is 15.5 Å². The Kier molecular flexibility index (Phi) is 5.71. The lowest BCUT2D eigenvalue weighted by Crippen LogP contribution is -2.53. The van der Waals surface area contributed by atoms with Crippen LogP contribution in [-0.2, 0) is 18.3 Å². The van der Waals surface area contributed by atoms with Crippen molar-refractivity contribution >= 4 is 5.91 Å². The van der Waals surface area contributed by atoms with Crippen molar-refractivity contribution < 1.29 is 15.0 Å². The van der Waals surface area contributed by atoms with Gasteiger partial charge in [-0.1, -0.05) is 6.92 Å². The van der Waals surface area contributed by atoms with E-state index in [4.69, 9.17) is 0 Å². The topological polar surface area (TPSA) is 87.4 Å². The minimum atomic E-state index is -0.921. The molecular formula is C14H25N3O3. The monoisotopic (exact) mass is 283 g/mol. The van der Waals surface area contributed by atoms with Crippen molar-refractivity contribution in [1.82, 2.24) is 15.1 Å². The summed E-state index contributed by atoms with van der Waals surface area (Å²) < 4.78 is 1.81. The number of aryl methyl sites for hydroxylation is 2. The molecule has 0 fully saturated rings. The zero-order valence-electron chi connectivity index (χ0n) is 12.7. The number of aliphatic hydroxyl groups excluding tert-OH is 2. The van der Waals surface area contributed by atoms with Gasteiger partial charge in [-0.2, -0.15) is 5.10 Å². The van der Waals surface area contributed by atoms with Gasteiger partial charge in [-0.15, -0.1) is 0 Å². The standard InChI is InChI=1S/C14H25N3O3/c1-5-14(8-18,9-19)15-13(20)7-6-12-10(2)16-17(4)11(12)3/h18-19H,5-9H2,1-4H3,(H,15,20). The molecule has 0 radical (unpaired) electrons. The molecule has 1 rings (SSSR count). The van der Waals surface area contributed by atoms with Gasteiger partial charge in [0, 0.05) is 19.2 Å². The van der Waals surface area contributed by atoms with Gasteiger partial charge in [-0.25, -0.2) is 0 Å². The minimum absolute atomic E-state index is 0.169. The molecule has 0 saturated heterocycles. The molecule has 0 spiro atoms. The maximum atomic E-state index is 12.0. The van der Waals surface area contributed by atoms with Crippen molar-refractivity contribution in [3.8, 4) is 0 Å². The molecule has 3 N–H and O–H groups in total. The van der Waals surface area contributed by atoms with E-state index in [1.807, 2.05) is 27.8 Å². The first-order valence-corrected chi connectivity index (χ1v) is 6.91. The van der Waals surface area contributed by atoms with Gasteiger partial charge >= 0.3 is 0 Å². The highest BCUT2D eigenvalue weighted by Crippen LogP contribution is 2.15. The second-order valence-corrected chi connectivity index (χ2v) is 5.27. The van der Waals surface area contributed by atoms with Crippen LogP contribution in [0, 0.1) is 13.8 Å². The Morgan fingerprint density at radius 3 is 2.35 bits per heavy atom. The summed E-state index contributed by atoms with van der Waals surface area (Å²) in [6, 6.07) is 0. The Morgan fingerprint density at radius 2 is 1.95 bits per heavy atom. The SMILES string of the molecule is CCC(CO)(CO)NC(=O)CCc1c(C)nn(C)c1C. The van der Waals surface area contributed by atoms with Gasteiger partial charge in [-0.3, -0.25) is 9.48 Å². The summed E-state index contributed by atoms with van der Waals surface area (Å²) in [4.78, 5) is 12.0. The van der Waals surface area contributed by atoms with Crippen molar-refractivity contribution in [1.29, 1.82) is 0 Å². The van der Waals surface area contributed by atoms with Crippen LogP contribution in [-0.4, -0.2) is 44.7 Å². The van der Waals surface area contributed by atoms with Crippen LogP contribution in [0.3, 0.4) is 0 Å². The second kappa shape index (κ2) is 6.85. The summed E-state index contributed by atoms with van der Waals surface area (Å²) in [5.74, 6) is -0.169. The molecular weight excluding hydrogens is 258 g/mol. The number of nitrogens with zero attached hydrogens (tertiary/aromatic N) is 2. The van der Waals surface area contributed by atoms with Crippen molar-refractivity contribution in [2.24, 2.45) is 7.05 Å². The number of carbonyl (C=O) groups excluding carboxylic acids is 1. The largest absolute Gasteiger partial charge is 0.394 e. The normalized spacial score (nSPS) is 11.7. The van der Waals surface area contributed by atoms with E-state index in [1.165, 1.54) is 0 Å². The fourth-order valence-electron chi connectivity index (χ4n) is 2.22. The predicted octanol–water partition coefficient (Wildman–Crippen LogP) is 0.219. The highest BCUT2D eigenvalue weighted by atomic mass is 16.3. The van der Waals surface area contributed by atoms with E-state index in [0.29, 0.717) is 19.3 Å². The number of nitrogens with one attached hydrogen (secondary N) is 1. The molecule has 0 unspecified atom stereocenters. The maximum Gasteiger partial charge on any atom is 0.220 e. The fraction of sp³-hybridized carbons (Fsp3) is 0.714. The van der Waals surface area contributed by atoms with E-state index in [2.05, 4.69) is 10.4 Å². The molecule has 0 bridgehead atoms. The molecule has 0 aliphatic carbocycles. The summed E-state index contributed by atoms with van der Waals surface area (Å²) in [6.07, 6.45) is 1.40. The molecule has 0 aliphatic rings. The van der Waals surface area contributed by atoms with Gasteiger partial charge in [0.15, 0.2) is 0 Å². The van der Waals surface area contributed by atoms with Crippen molar-refractivity contribution in [3.63, 3.8) is 0 Å². The van der Waals surface area contributed by atoms with E-state index in [1.54, 1.807) is 4.68 Å². The van der Waals surface area contributed by atoms with Crippen LogP contribution in [0.4, 0.5) is 0 Å². The molecule has 1 heterocycles. The van der Waals surface area contributed by atoms with Gasteiger partial charge in [0.1, 0.15) is 0 Å². The number of rotatable bonds is 7. The van der Waals surface area contributed by atoms with Gasteiger partial charge in [0.25, 0.3) is 0 Å². The minimum Gasteiger partial charge on any atom is -0.394 e. The Morgan fingerprint density at radius 1 is 1.35 bits per heavy atom. The number of aromatic nitrogens is 2. The van der Waals surface area contributed by atoms with Crippen LogP contribution in [0.15, 0.2) is 0 Å². The van der Waals surface area contributed by atoms with Crippen LogP contribution in [0.1, 0.15) is 36.7 Å². The van der Waals surface area contributed by atoms with Gasteiger partial charge in [0.2, 0.25) is 5.91 Å². The molecule has 0 aliphatic heterocycles. The molecule has 1 aromatic heterocycles. The number of hydrogen-bond donors (Lipinski definition) is 3. The first-order valence-electron chi connectivity index (χ1n) is 6.91. The lowest BCUT2D eigenvalue weighted by atomic mass is 9.97. The Balaban J connectivity index is 2.64. The van der Waals surface area contributed by atoms with Gasteiger partial charge in [0.05, 0.1) is 24.4 Å². The Bertz CT molecular complexity index is 456. The fourth-order valence-corrected chi connectivity index (χ4v) is 2.22. The third kappa shape index (κ3) is 3.58. The molecule has 0 saturated carbocycles. The summed E-state index contributed by atoms with van der Waals surface area (Å²) in [7, 11) is 1.88. The number of aliphatic hydroxyl groups is 2. The number of carbonyl (C=O) groups is 1. The molecule has 0 aromatic carbocycles. The quantitative estimate of drug-likeness (QED) is 0.668. The molecule has 1 amide bonds. The van der Waals surface area contributed by atoms with Gasteiger partial charge in [-0.05, 0) is 32.3 Å². The lowest BCUT2D eigenvalue weighted by Gasteiger charge is -2.29. The first-order chi connectivity index (χ1) is 9.39. The van der Waals surface area contributed by atoms with Crippen LogP contribution >= 0.6 is 0 Å². The first kappa shape index (κ1) is 16.7. The van der Waals surface area contributed by atoms with Crippen molar-refractivity contribution in [2.45, 2.75) is 45.6 Å². The second-order valence-electron chi connectivity index (χ2n) is 5.27. The van der Waals surface area contributed by atoms with E-state index < -0.39 is 5.54 Å². The average molecular weight is 283 g/mol. The summed E-state index contributed by atoms with van der Waals surface area (Å²) in [5.41, 5.74) is 2.15. The highest BCUT2D eigenvalue weighted by Gasteiger charge is 2.28. The predicted molar refractivity (Wildman–Crippen MR) is 76.3 cm³/mol. The maximum absolute atomic E-state index is 12.0. The Labute approximate surface area is 119 Å². The molecule has 6 nitrogen and oxygen atoms in total. The smallest absolute Gasteiger partial charge is 0.220 e. The summed E-state index contributed by atoms with van der Waals surface area (Å²) >= 11 is 0. The lowest BCUT2D eigenvalue weighted by molar-refractivity contribution is -0.124. The zero-order chi connectivity index (χ0) is 15.3.